The number of aromatic nitrogens is 1. The molecule has 0 aliphatic rings. The van der Waals surface area contributed by atoms with E-state index in [1.54, 1.807) is 13.1 Å². The number of nitrogens with zero attached hydrogens (tertiary/aromatic N) is 2. The molecule has 0 bridgehead atoms. The van der Waals surface area contributed by atoms with E-state index < -0.39 is 0 Å². The highest BCUT2D eigenvalue weighted by Crippen LogP contribution is 2.19. The molecule has 0 unspecified atom stereocenters. The van der Waals surface area contributed by atoms with Crippen LogP contribution in [0.25, 0.3) is 11.1 Å². The van der Waals surface area contributed by atoms with E-state index >= 15 is 0 Å². The number of benzene rings is 1. The van der Waals surface area contributed by atoms with E-state index in [2.05, 4.69) is 0 Å². The highest BCUT2D eigenvalue weighted by atomic mass is 16.4. The van der Waals surface area contributed by atoms with Crippen molar-refractivity contribution in [3.63, 3.8) is 0 Å². The number of hydrogen-bond donors (Lipinski definition) is 1. The van der Waals surface area contributed by atoms with Gasteiger partial charge in [-0.15, -0.1) is 0 Å². The Bertz CT molecular complexity index is 541. The van der Waals surface area contributed by atoms with Crippen molar-refractivity contribution < 1.29 is 4.42 Å². The number of oxazole rings is 1. The number of nitrogens with two attached hydrogens (primary N) is 1. The minimum Gasteiger partial charge on any atom is -0.408 e. The molecule has 0 atom stereocenters. The summed E-state index contributed by atoms with van der Waals surface area (Å²) >= 11 is 0. The van der Waals surface area contributed by atoms with Gasteiger partial charge in [0, 0.05) is 19.8 Å². The highest BCUT2D eigenvalue weighted by Gasteiger charge is 2.07. The molecular weight excluding hydrogens is 194 g/mol. The van der Waals surface area contributed by atoms with Crippen LogP contribution in [0.2, 0.25) is 0 Å². The average Bonchev–Trinajstić information content (AvgIpc) is 2.54. The largest absolute Gasteiger partial charge is 0.419 e. The molecule has 80 valence electrons. The van der Waals surface area contributed by atoms with Crippen LogP contribution < -0.4 is 16.4 Å². The van der Waals surface area contributed by atoms with Gasteiger partial charge >= 0.3 is 5.76 Å². The lowest BCUT2D eigenvalue weighted by Gasteiger charge is -2.15. The van der Waals surface area contributed by atoms with Gasteiger partial charge in [-0.2, -0.15) is 0 Å². The van der Waals surface area contributed by atoms with E-state index in [1.165, 1.54) is 4.57 Å². The smallest absolute Gasteiger partial charge is 0.408 e. The zero-order chi connectivity index (χ0) is 11.0. The van der Waals surface area contributed by atoms with Crippen molar-refractivity contribution in [3.8, 4) is 0 Å². The van der Waals surface area contributed by atoms with Gasteiger partial charge in [-0.3, -0.25) is 4.57 Å². The summed E-state index contributed by atoms with van der Waals surface area (Å²) in [5.41, 5.74) is 7.85. The van der Waals surface area contributed by atoms with Gasteiger partial charge in [-0.25, -0.2) is 4.79 Å². The van der Waals surface area contributed by atoms with Crippen molar-refractivity contribution in [1.82, 2.24) is 4.57 Å². The molecule has 0 fully saturated rings. The number of rotatable bonds is 2. The summed E-state index contributed by atoms with van der Waals surface area (Å²) in [5, 5.41) is 0. The molecule has 0 aliphatic heterocycles. The lowest BCUT2D eigenvalue weighted by atomic mass is 10.2. The predicted molar refractivity (Wildman–Crippen MR) is 58.9 cm³/mol. The SMILES string of the molecule is CN(CN)c1ccc2oc(=O)n(C)c2c1. The van der Waals surface area contributed by atoms with E-state index in [0.717, 1.165) is 11.2 Å². The standard InChI is InChI=1S/C10H13N3O2/c1-12(6-11)7-3-4-9-8(5-7)13(2)10(14)15-9/h3-5H,6,11H2,1-2H3. The lowest BCUT2D eigenvalue weighted by Crippen LogP contribution is -2.24. The molecule has 5 heteroatoms. The van der Waals surface area contributed by atoms with E-state index in [9.17, 15) is 4.79 Å². The first-order chi connectivity index (χ1) is 7.13. The van der Waals surface area contributed by atoms with Crippen molar-refractivity contribution in [1.29, 1.82) is 0 Å². The molecule has 0 aliphatic carbocycles. The van der Waals surface area contributed by atoms with Crippen LogP contribution in [-0.2, 0) is 7.05 Å². The average molecular weight is 207 g/mol. The zero-order valence-corrected chi connectivity index (χ0v) is 8.73. The molecule has 0 saturated heterocycles. The summed E-state index contributed by atoms with van der Waals surface area (Å²) < 4.78 is 6.50. The first-order valence-electron chi connectivity index (χ1n) is 4.64. The fraction of sp³-hybridized carbons (Fsp3) is 0.300. The molecule has 5 nitrogen and oxygen atoms in total. The molecule has 0 saturated carbocycles. The van der Waals surface area contributed by atoms with Gasteiger partial charge in [0.2, 0.25) is 0 Å². The van der Waals surface area contributed by atoms with Gasteiger partial charge in [-0.05, 0) is 18.2 Å². The van der Waals surface area contributed by atoms with Crippen molar-refractivity contribution in [2.45, 2.75) is 0 Å². The Labute approximate surface area is 86.7 Å². The van der Waals surface area contributed by atoms with Crippen LogP contribution >= 0.6 is 0 Å². The second-order valence-electron chi connectivity index (χ2n) is 3.46. The van der Waals surface area contributed by atoms with E-state index in [4.69, 9.17) is 10.2 Å². The molecule has 2 rings (SSSR count). The number of anilines is 1. The van der Waals surface area contributed by atoms with Crippen LogP contribution in [0, 0.1) is 0 Å². The molecule has 0 radical (unpaired) electrons. The predicted octanol–water partition coefficient (Wildman–Crippen LogP) is 0.484. The van der Waals surface area contributed by atoms with Crippen LogP contribution in [-0.4, -0.2) is 18.3 Å². The minimum atomic E-state index is -0.349. The maximum absolute atomic E-state index is 11.2. The fourth-order valence-corrected chi connectivity index (χ4v) is 1.46. The summed E-state index contributed by atoms with van der Waals surface area (Å²) in [5.74, 6) is -0.349. The number of hydrogen-bond acceptors (Lipinski definition) is 4. The van der Waals surface area contributed by atoms with Gasteiger partial charge in [0.15, 0.2) is 5.58 Å². The van der Waals surface area contributed by atoms with Gasteiger partial charge in [0.05, 0.1) is 12.2 Å². The van der Waals surface area contributed by atoms with Gasteiger partial charge in [0.25, 0.3) is 0 Å². The maximum Gasteiger partial charge on any atom is 0.419 e. The van der Waals surface area contributed by atoms with Crippen molar-refractivity contribution in [3.05, 3.63) is 28.7 Å². The van der Waals surface area contributed by atoms with Crippen molar-refractivity contribution >= 4 is 16.8 Å². The quantitative estimate of drug-likeness (QED) is 0.728. The fourth-order valence-electron chi connectivity index (χ4n) is 1.46. The highest BCUT2D eigenvalue weighted by molar-refractivity contribution is 5.77. The Balaban J connectivity index is 2.64. The number of aryl methyl sites for hydroxylation is 1. The van der Waals surface area contributed by atoms with Crippen LogP contribution in [0.3, 0.4) is 0 Å². The van der Waals surface area contributed by atoms with Gasteiger partial charge in [0.1, 0.15) is 0 Å². The third-order valence-electron chi connectivity index (χ3n) is 2.49. The van der Waals surface area contributed by atoms with E-state index in [1.807, 2.05) is 24.1 Å². The summed E-state index contributed by atoms with van der Waals surface area (Å²) in [4.78, 5) is 13.1. The first kappa shape index (κ1) is 9.79. The molecule has 1 aromatic carbocycles. The topological polar surface area (TPSA) is 64.4 Å². The van der Waals surface area contributed by atoms with E-state index in [-0.39, 0.29) is 5.76 Å². The Hall–Kier alpha value is -1.75. The molecule has 15 heavy (non-hydrogen) atoms. The zero-order valence-electron chi connectivity index (χ0n) is 8.73. The Morgan fingerprint density at radius 2 is 2.27 bits per heavy atom. The third-order valence-corrected chi connectivity index (χ3v) is 2.49. The number of fused-ring (bicyclic) bond motifs is 1. The second-order valence-corrected chi connectivity index (χ2v) is 3.46. The Morgan fingerprint density at radius 1 is 1.53 bits per heavy atom. The summed E-state index contributed by atoms with van der Waals surface area (Å²) in [6, 6.07) is 5.53. The molecule has 1 aromatic heterocycles. The summed E-state index contributed by atoms with van der Waals surface area (Å²) in [7, 11) is 3.57. The lowest BCUT2D eigenvalue weighted by molar-refractivity contribution is 0.528. The summed E-state index contributed by atoms with van der Waals surface area (Å²) in [6.07, 6.45) is 0. The monoisotopic (exact) mass is 207 g/mol. The molecule has 2 N–H and O–H groups in total. The molecule has 1 heterocycles. The van der Waals surface area contributed by atoms with Crippen molar-refractivity contribution in [2.75, 3.05) is 18.6 Å². The molecule has 2 aromatic rings. The van der Waals surface area contributed by atoms with Crippen LogP contribution in [0.1, 0.15) is 0 Å². The van der Waals surface area contributed by atoms with Crippen LogP contribution in [0.5, 0.6) is 0 Å². The van der Waals surface area contributed by atoms with Gasteiger partial charge in [-0.1, -0.05) is 0 Å². The third kappa shape index (κ3) is 1.50. The van der Waals surface area contributed by atoms with E-state index in [0.29, 0.717) is 12.3 Å². The minimum absolute atomic E-state index is 0.349. The second kappa shape index (κ2) is 3.43. The normalized spacial score (nSPS) is 10.9. The molecule has 0 amide bonds. The van der Waals surface area contributed by atoms with Gasteiger partial charge < -0.3 is 15.1 Å². The van der Waals surface area contributed by atoms with Crippen molar-refractivity contribution in [2.24, 2.45) is 12.8 Å². The molecular formula is C10H13N3O2. The maximum atomic E-state index is 11.2. The van der Waals surface area contributed by atoms with Crippen LogP contribution in [0.15, 0.2) is 27.4 Å². The van der Waals surface area contributed by atoms with Crippen LogP contribution in [0.4, 0.5) is 5.69 Å². The summed E-state index contributed by atoms with van der Waals surface area (Å²) in [6.45, 7) is 0.428. The Morgan fingerprint density at radius 3 is 2.93 bits per heavy atom. The molecule has 0 spiro atoms. The first-order valence-corrected chi connectivity index (χ1v) is 4.64. The Kier molecular flexibility index (Phi) is 2.24.